The van der Waals surface area contributed by atoms with Gasteiger partial charge in [-0.05, 0) is 75.4 Å². The summed E-state index contributed by atoms with van der Waals surface area (Å²) in [6, 6.07) is 8.08. The van der Waals surface area contributed by atoms with Crippen molar-refractivity contribution in [2.45, 2.75) is 70.6 Å². The molecule has 8 nitrogen and oxygen atoms in total. The van der Waals surface area contributed by atoms with Gasteiger partial charge in [0.15, 0.2) is 0 Å². The largest absolute Gasteiger partial charge is 0.322 e. The van der Waals surface area contributed by atoms with E-state index in [4.69, 9.17) is 0 Å². The Labute approximate surface area is 193 Å². The van der Waals surface area contributed by atoms with Crippen LogP contribution in [0.4, 0.5) is 0 Å². The molecule has 3 aliphatic rings. The maximum Gasteiger partial charge on any atom is 0.255 e. The molecule has 5 rings (SSSR count). The molecule has 1 atom stereocenters. The molecule has 3 aliphatic heterocycles. The molecular weight excluding hydrogens is 418 g/mol. The SMILES string of the molecule is CC(C)n1nccc1CN1CCC(c2ccc3c(c2)CN(C2CCC(=O)NC2=O)C3=O)CC1. The normalized spacial score (nSPS) is 22.2. The second kappa shape index (κ2) is 8.74. The number of imide groups is 1. The van der Waals surface area contributed by atoms with Gasteiger partial charge >= 0.3 is 0 Å². The Kier molecular flexibility index (Phi) is 5.78. The number of fused-ring (bicyclic) bond motifs is 1. The summed E-state index contributed by atoms with van der Waals surface area (Å²) in [4.78, 5) is 40.8. The zero-order valence-corrected chi connectivity index (χ0v) is 19.3. The van der Waals surface area contributed by atoms with Crippen molar-refractivity contribution < 1.29 is 14.4 Å². The van der Waals surface area contributed by atoms with Crippen LogP contribution in [0.5, 0.6) is 0 Å². The Morgan fingerprint density at radius 1 is 1.09 bits per heavy atom. The zero-order valence-electron chi connectivity index (χ0n) is 19.3. The summed E-state index contributed by atoms with van der Waals surface area (Å²) in [5, 5.41) is 6.81. The fourth-order valence-electron chi connectivity index (χ4n) is 5.43. The minimum atomic E-state index is -0.562. The number of benzene rings is 1. The van der Waals surface area contributed by atoms with Crippen LogP contribution in [0, 0.1) is 0 Å². The average molecular weight is 450 g/mol. The van der Waals surface area contributed by atoms with Crippen LogP contribution < -0.4 is 5.32 Å². The fourth-order valence-corrected chi connectivity index (χ4v) is 5.43. The van der Waals surface area contributed by atoms with Gasteiger partial charge in [-0.15, -0.1) is 0 Å². The molecule has 0 saturated carbocycles. The Balaban J connectivity index is 1.22. The molecule has 4 heterocycles. The molecule has 0 aliphatic carbocycles. The van der Waals surface area contributed by atoms with Gasteiger partial charge in [0, 0.05) is 37.3 Å². The average Bonchev–Trinajstić information content (AvgIpc) is 3.39. The van der Waals surface area contributed by atoms with Gasteiger partial charge < -0.3 is 4.90 Å². The van der Waals surface area contributed by atoms with Gasteiger partial charge in [0.1, 0.15) is 6.04 Å². The summed E-state index contributed by atoms with van der Waals surface area (Å²) >= 11 is 0. The molecule has 2 aromatic rings. The molecule has 33 heavy (non-hydrogen) atoms. The van der Waals surface area contributed by atoms with Gasteiger partial charge in [0.25, 0.3) is 5.91 Å². The molecule has 2 fully saturated rings. The Hall–Kier alpha value is -3.00. The van der Waals surface area contributed by atoms with Gasteiger partial charge in [-0.2, -0.15) is 5.10 Å². The molecule has 0 spiro atoms. The molecule has 8 heteroatoms. The molecule has 0 bridgehead atoms. The van der Waals surface area contributed by atoms with Crippen molar-refractivity contribution in [2.24, 2.45) is 0 Å². The van der Waals surface area contributed by atoms with E-state index in [1.807, 2.05) is 12.3 Å². The van der Waals surface area contributed by atoms with Crippen molar-refractivity contribution in [3.8, 4) is 0 Å². The monoisotopic (exact) mass is 449 g/mol. The predicted molar refractivity (Wildman–Crippen MR) is 122 cm³/mol. The molecule has 174 valence electrons. The Morgan fingerprint density at radius 3 is 2.61 bits per heavy atom. The van der Waals surface area contributed by atoms with E-state index in [-0.39, 0.29) is 24.1 Å². The third-order valence-corrected chi connectivity index (χ3v) is 7.23. The van der Waals surface area contributed by atoms with Gasteiger partial charge in [-0.3, -0.25) is 29.3 Å². The highest BCUT2D eigenvalue weighted by atomic mass is 16.2. The lowest BCUT2D eigenvalue weighted by Gasteiger charge is -2.32. The number of carbonyl (C=O) groups is 3. The number of nitrogens with one attached hydrogen (secondary N) is 1. The number of hydrogen-bond donors (Lipinski definition) is 1. The van der Waals surface area contributed by atoms with E-state index in [1.54, 1.807) is 4.90 Å². The smallest absolute Gasteiger partial charge is 0.255 e. The first-order valence-corrected chi connectivity index (χ1v) is 11.9. The van der Waals surface area contributed by atoms with Crippen molar-refractivity contribution in [1.29, 1.82) is 0 Å². The first kappa shape index (κ1) is 21.8. The minimum Gasteiger partial charge on any atom is -0.322 e. The zero-order chi connectivity index (χ0) is 23.1. The molecule has 1 N–H and O–H groups in total. The van der Waals surface area contributed by atoms with Crippen LogP contribution in [0.25, 0.3) is 0 Å². The van der Waals surface area contributed by atoms with Crippen molar-refractivity contribution in [1.82, 2.24) is 24.9 Å². The lowest BCUT2D eigenvalue weighted by atomic mass is 9.88. The summed E-state index contributed by atoms with van der Waals surface area (Å²) in [6.07, 6.45) is 4.72. The lowest BCUT2D eigenvalue weighted by molar-refractivity contribution is -0.136. The van der Waals surface area contributed by atoms with Gasteiger partial charge in [0.2, 0.25) is 11.8 Å². The number of rotatable bonds is 5. The van der Waals surface area contributed by atoms with Crippen LogP contribution in [0.3, 0.4) is 0 Å². The van der Waals surface area contributed by atoms with E-state index in [0.29, 0.717) is 30.5 Å². The number of hydrogen-bond acceptors (Lipinski definition) is 5. The predicted octanol–water partition coefficient (Wildman–Crippen LogP) is 2.60. The standard InChI is InChI=1S/C25H31N5O3/c1-16(2)30-20(7-10-26-30)15-28-11-8-17(9-12-28)18-3-4-21-19(13-18)14-29(25(21)33)22-5-6-23(31)27-24(22)32/h3-4,7,10,13,16-17,22H,5-6,8-9,11-12,14-15H2,1-2H3,(H,27,31,32). The van der Waals surface area contributed by atoms with Crippen LogP contribution in [0.1, 0.15) is 78.7 Å². The first-order valence-electron chi connectivity index (χ1n) is 11.9. The van der Waals surface area contributed by atoms with Crippen molar-refractivity contribution >= 4 is 17.7 Å². The highest BCUT2D eigenvalue weighted by Crippen LogP contribution is 2.34. The van der Waals surface area contributed by atoms with E-state index in [1.165, 1.54) is 11.3 Å². The summed E-state index contributed by atoms with van der Waals surface area (Å²) in [7, 11) is 0. The van der Waals surface area contributed by atoms with E-state index in [0.717, 1.165) is 38.0 Å². The van der Waals surface area contributed by atoms with Crippen molar-refractivity contribution in [3.63, 3.8) is 0 Å². The van der Waals surface area contributed by atoms with Crippen molar-refractivity contribution in [2.75, 3.05) is 13.1 Å². The highest BCUT2D eigenvalue weighted by molar-refractivity contribution is 6.05. The van der Waals surface area contributed by atoms with Gasteiger partial charge in [-0.1, -0.05) is 12.1 Å². The summed E-state index contributed by atoms with van der Waals surface area (Å²) in [6.45, 7) is 7.74. The molecule has 1 unspecified atom stereocenters. The molecule has 1 aromatic heterocycles. The second-order valence-electron chi connectivity index (χ2n) is 9.73. The Morgan fingerprint density at radius 2 is 1.88 bits per heavy atom. The third kappa shape index (κ3) is 4.19. The van der Waals surface area contributed by atoms with E-state index in [2.05, 4.69) is 52.0 Å². The van der Waals surface area contributed by atoms with Crippen LogP contribution in [-0.4, -0.2) is 56.4 Å². The molecule has 2 saturated heterocycles. The fraction of sp³-hybridized carbons (Fsp3) is 0.520. The van der Waals surface area contributed by atoms with Gasteiger partial charge in [0.05, 0.1) is 5.69 Å². The summed E-state index contributed by atoms with van der Waals surface area (Å²) in [5.41, 5.74) is 4.21. The minimum absolute atomic E-state index is 0.109. The van der Waals surface area contributed by atoms with Gasteiger partial charge in [-0.25, -0.2) is 0 Å². The number of piperidine rings is 2. The lowest BCUT2D eigenvalue weighted by Crippen LogP contribution is -2.52. The summed E-state index contributed by atoms with van der Waals surface area (Å²) in [5.74, 6) is -0.259. The molecule has 1 aromatic carbocycles. The van der Waals surface area contributed by atoms with Crippen LogP contribution in [0.2, 0.25) is 0 Å². The summed E-state index contributed by atoms with van der Waals surface area (Å²) < 4.78 is 2.10. The number of aromatic nitrogens is 2. The highest BCUT2D eigenvalue weighted by Gasteiger charge is 2.39. The van der Waals surface area contributed by atoms with E-state index < -0.39 is 6.04 Å². The third-order valence-electron chi connectivity index (χ3n) is 7.23. The number of likely N-dealkylation sites (tertiary alicyclic amines) is 1. The molecular formula is C25H31N5O3. The molecule has 3 amide bonds. The molecule has 0 radical (unpaired) electrons. The maximum atomic E-state index is 12.9. The first-order chi connectivity index (χ1) is 15.9. The van der Waals surface area contributed by atoms with Crippen molar-refractivity contribution in [3.05, 3.63) is 52.8 Å². The number of carbonyl (C=O) groups excluding carboxylic acids is 3. The quantitative estimate of drug-likeness (QED) is 0.709. The van der Waals surface area contributed by atoms with Crippen LogP contribution in [-0.2, 0) is 22.7 Å². The van der Waals surface area contributed by atoms with Crippen LogP contribution >= 0.6 is 0 Å². The van der Waals surface area contributed by atoms with E-state index in [9.17, 15) is 14.4 Å². The number of amides is 3. The topological polar surface area (TPSA) is 87.5 Å². The number of nitrogens with zero attached hydrogens (tertiary/aromatic N) is 4. The van der Waals surface area contributed by atoms with E-state index >= 15 is 0 Å². The van der Waals surface area contributed by atoms with Crippen LogP contribution in [0.15, 0.2) is 30.5 Å². The maximum absolute atomic E-state index is 12.9. The second-order valence-corrected chi connectivity index (χ2v) is 9.73. The Bertz CT molecular complexity index is 1080.